The Morgan fingerprint density at radius 2 is 2.04 bits per heavy atom. The Bertz CT molecular complexity index is 899. The fourth-order valence-electron chi connectivity index (χ4n) is 4.64. The van der Waals surface area contributed by atoms with E-state index in [1.165, 1.54) is 0 Å². The number of carbonyl (C=O) groups is 1. The topological polar surface area (TPSA) is 66.5 Å². The number of ether oxygens (including phenoxy) is 1. The highest BCUT2D eigenvalue weighted by molar-refractivity contribution is 6.31. The van der Waals surface area contributed by atoms with Crippen molar-refractivity contribution in [2.24, 2.45) is 0 Å². The van der Waals surface area contributed by atoms with Crippen LogP contribution in [0.1, 0.15) is 35.3 Å². The second-order valence-electron chi connectivity index (χ2n) is 8.10. The molecule has 1 aromatic heterocycles. The lowest BCUT2D eigenvalue weighted by molar-refractivity contribution is -0.0454. The number of anilines is 1. The van der Waals surface area contributed by atoms with E-state index in [-0.39, 0.29) is 11.5 Å². The molecule has 0 bridgehead atoms. The molecule has 1 unspecified atom stereocenters. The van der Waals surface area contributed by atoms with E-state index < -0.39 is 5.66 Å². The fraction of sp³-hybridized carbons (Fsp3) is 0.429. The number of piperidine rings is 1. The minimum Gasteiger partial charge on any atom is -0.370 e. The summed E-state index contributed by atoms with van der Waals surface area (Å²) in [5.41, 5.74) is 1.77. The molecule has 1 amide bonds. The minimum absolute atomic E-state index is 0.0931. The van der Waals surface area contributed by atoms with Crippen LogP contribution >= 0.6 is 11.6 Å². The highest BCUT2D eigenvalue weighted by Crippen LogP contribution is 2.43. The lowest BCUT2D eigenvalue weighted by Crippen LogP contribution is -2.59. The highest BCUT2D eigenvalue weighted by Gasteiger charge is 2.53. The Morgan fingerprint density at radius 1 is 1.18 bits per heavy atom. The molecule has 2 aromatic rings. The molecule has 0 radical (unpaired) electrons. The highest BCUT2D eigenvalue weighted by atomic mass is 35.5. The van der Waals surface area contributed by atoms with Crippen molar-refractivity contribution in [1.29, 1.82) is 0 Å². The van der Waals surface area contributed by atoms with Crippen LogP contribution in [-0.2, 0) is 11.3 Å². The normalized spacial score (nSPS) is 26.1. The number of nitrogens with one attached hydrogen (secondary N) is 2. The smallest absolute Gasteiger partial charge is 0.255 e. The Labute approximate surface area is 169 Å². The number of fused-ring (bicyclic) bond motifs is 1. The third kappa shape index (κ3) is 3.26. The summed E-state index contributed by atoms with van der Waals surface area (Å²) in [6.45, 7) is 3.27. The van der Waals surface area contributed by atoms with Crippen LogP contribution in [0.25, 0.3) is 0 Å². The van der Waals surface area contributed by atoms with Gasteiger partial charge in [0.1, 0.15) is 5.66 Å². The molecule has 0 saturated carbocycles. The number of likely N-dealkylation sites (tertiary alicyclic amines) is 1. The van der Waals surface area contributed by atoms with Gasteiger partial charge in [-0.25, -0.2) is 0 Å². The molecule has 1 aromatic carbocycles. The number of hydrogen-bond donors (Lipinski definition) is 2. The number of hydrogen-bond acceptors (Lipinski definition) is 5. The van der Waals surface area contributed by atoms with E-state index >= 15 is 0 Å². The summed E-state index contributed by atoms with van der Waals surface area (Å²) in [5.74, 6) is -0.0931. The number of nitrogens with zero attached hydrogens (tertiary/aromatic N) is 2. The van der Waals surface area contributed by atoms with E-state index in [2.05, 4.69) is 26.6 Å². The van der Waals surface area contributed by atoms with Gasteiger partial charge in [-0.1, -0.05) is 17.7 Å². The lowest BCUT2D eigenvalue weighted by Gasteiger charge is -2.41. The lowest BCUT2D eigenvalue weighted by atomic mass is 9.84. The van der Waals surface area contributed by atoms with E-state index in [4.69, 9.17) is 16.3 Å². The maximum Gasteiger partial charge on any atom is 0.255 e. The molecule has 5 rings (SSSR count). The van der Waals surface area contributed by atoms with Crippen LogP contribution in [0.2, 0.25) is 5.02 Å². The first kappa shape index (κ1) is 17.9. The van der Waals surface area contributed by atoms with Crippen molar-refractivity contribution >= 4 is 23.2 Å². The van der Waals surface area contributed by atoms with Gasteiger partial charge in [0.25, 0.3) is 5.91 Å². The van der Waals surface area contributed by atoms with Crippen molar-refractivity contribution in [3.63, 3.8) is 0 Å². The third-order valence-electron chi connectivity index (χ3n) is 6.08. The first-order valence-electron chi connectivity index (χ1n) is 9.71. The molecule has 28 heavy (non-hydrogen) atoms. The van der Waals surface area contributed by atoms with Gasteiger partial charge in [-0.3, -0.25) is 14.7 Å². The molecule has 2 fully saturated rings. The number of amides is 1. The second kappa shape index (κ2) is 6.72. The molecule has 2 saturated heterocycles. The monoisotopic (exact) mass is 398 g/mol. The van der Waals surface area contributed by atoms with Crippen LogP contribution < -0.4 is 10.6 Å². The molecule has 146 valence electrons. The SMILES string of the molecule is O=C1NC2(COC3(CCN(Cc4ccccn4)CC3)C2)Nc2ccc(Cl)cc21. The van der Waals surface area contributed by atoms with Gasteiger partial charge < -0.3 is 15.4 Å². The van der Waals surface area contributed by atoms with Gasteiger partial charge in [-0.15, -0.1) is 0 Å². The summed E-state index contributed by atoms with van der Waals surface area (Å²) >= 11 is 6.04. The van der Waals surface area contributed by atoms with E-state index in [0.717, 1.165) is 50.3 Å². The molecule has 3 aliphatic heterocycles. The van der Waals surface area contributed by atoms with Gasteiger partial charge in [0.05, 0.1) is 23.5 Å². The Balaban J connectivity index is 1.26. The van der Waals surface area contributed by atoms with Gasteiger partial charge in [-0.2, -0.15) is 0 Å². The van der Waals surface area contributed by atoms with Crippen molar-refractivity contribution in [3.8, 4) is 0 Å². The summed E-state index contributed by atoms with van der Waals surface area (Å²) < 4.78 is 6.31. The fourth-order valence-corrected chi connectivity index (χ4v) is 4.81. The van der Waals surface area contributed by atoms with Gasteiger partial charge >= 0.3 is 0 Å². The number of carbonyl (C=O) groups excluding carboxylic acids is 1. The zero-order valence-electron chi connectivity index (χ0n) is 15.6. The number of aromatic nitrogens is 1. The van der Waals surface area contributed by atoms with Crippen LogP contribution in [0.5, 0.6) is 0 Å². The van der Waals surface area contributed by atoms with Crippen molar-refractivity contribution in [1.82, 2.24) is 15.2 Å². The molecule has 2 spiro atoms. The molecule has 3 aliphatic rings. The molecule has 7 heteroatoms. The number of rotatable bonds is 2. The quantitative estimate of drug-likeness (QED) is 0.813. The maximum absolute atomic E-state index is 12.6. The molecule has 2 N–H and O–H groups in total. The molecule has 0 aliphatic carbocycles. The van der Waals surface area contributed by atoms with Crippen LogP contribution in [0.3, 0.4) is 0 Å². The first-order chi connectivity index (χ1) is 13.5. The van der Waals surface area contributed by atoms with E-state index in [1.807, 2.05) is 24.4 Å². The van der Waals surface area contributed by atoms with Crippen molar-refractivity contribution in [2.45, 2.75) is 37.1 Å². The van der Waals surface area contributed by atoms with Gasteiger partial charge in [0.15, 0.2) is 0 Å². The van der Waals surface area contributed by atoms with Crippen LogP contribution in [0.15, 0.2) is 42.6 Å². The summed E-state index contributed by atoms with van der Waals surface area (Å²) in [6, 6.07) is 11.4. The zero-order chi connectivity index (χ0) is 19.2. The molecule has 4 heterocycles. The average molecular weight is 399 g/mol. The van der Waals surface area contributed by atoms with Crippen molar-refractivity contribution in [3.05, 3.63) is 58.9 Å². The van der Waals surface area contributed by atoms with Gasteiger partial charge in [-0.05, 0) is 43.2 Å². The predicted octanol–water partition coefficient (Wildman–Crippen LogP) is 3.04. The van der Waals surface area contributed by atoms with Gasteiger partial charge in [0.2, 0.25) is 0 Å². The standard InChI is InChI=1S/C21H23ClN4O2/c22-15-4-5-18-17(11-15)19(27)25-21(24-18)13-20(28-14-21)6-9-26(10-7-20)12-16-3-1-2-8-23-16/h1-5,8,11,24H,6-7,9-10,12-14H2,(H,25,27). The molecule has 6 nitrogen and oxygen atoms in total. The summed E-state index contributed by atoms with van der Waals surface area (Å²) in [5, 5.41) is 7.22. The van der Waals surface area contributed by atoms with Crippen LogP contribution in [0.4, 0.5) is 5.69 Å². The summed E-state index contributed by atoms with van der Waals surface area (Å²) in [4.78, 5) is 19.5. The van der Waals surface area contributed by atoms with Crippen LogP contribution in [-0.4, -0.2) is 46.8 Å². The first-order valence-corrected chi connectivity index (χ1v) is 10.1. The Kier molecular flexibility index (Phi) is 4.30. The van der Waals surface area contributed by atoms with E-state index in [0.29, 0.717) is 17.2 Å². The Morgan fingerprint density at radius 3 is 2.82 bits per heavy atom. The largest absolute Gasteiger partial charge is 0.370 e. The zero-order valence-corrected chi connectivity index (χ0v) is 16.3. The summed E-state index contributed by atoms with van der Waals surface area (Å²) in [6.07, 6.45) is 4.51. The van der Waals surface area contributed by atoms with Crippen molar-refractivity contribution in [2.75, 3.05) is 25.0 Å². The Hall–Kier alpha value is -2.15. The van der Waals surface area contributed by atoms with Crippen molar-refractivity contribution < 1.29 is 9.53 Å². The van der Waals surface area contributed by atoms with Gasteiger partial charge in [0, 0.05) is 43.0 Å². The second-order valence-corrected chi connectivity index (χ2v) is 8.53. The third-order valence-corrected chi connectivity index (χ3v) is 6.32. The maximum atomic E-state index is 12.6. The number of halogens is 1. The predicted molar refractivity (Wildman–Crippen MR) is 107 cm³/mol. The number of benzene rings is 1. The van der Waals surface area contributed by atoms with E-state index in [1.54, 1.807) is 12.1 Å². The van der Waals surface area contributed by atoms with Crippen LogP contribution in [0, 0.1) is 0 Å². The minimum atomic E-state index is -0.541. The van der Waals surface area contributed by atoms with E-state index in [9.17, 15) is 4.79 Å². The summed E-state index contributed by atoms with van der Waals surface area (Å²) in [7, 11) is 0. The average Bonchev–Trinajstić information content (AvgIpc) is 3.03. The molecular weight excluding hydrogens is 376 g/mol. The number of pyridine rings is 1. The molecular formula is C21H23ClN4O2. The molecule has 1 atom stereocenters.